The van der Waals surface area contributed by atoms with E-state index in [2.05, 4.69) is 15.4 Å². The molecule has 3 aliphatic rings. The number of rotatable bonds is 3. The monoisotopic (exact) mass is 480 g/mol. The number of ketones is 1. The van der Waals surface area contributed by atoms with E-state index in [1.807, 2.05) is 53.4 Å². The lowest BCUT2D eigenvalue weighted by Gasteiger charge is -2.35. The molecule has 0 bridgehead atoms. The third-order valence-corrected chi connectivity index (χ3v) is 7.10. The second-order valence-corrected chi connectivity index (χ2v) is 9.48. The molecule has 2 unspecified atom stereocenters. The molecule has 0 spiro atoms. The van der Waals surface area contributed by atoms with Gasteiger partial charge < -0.3 is 14.8 Å². The maximum atomic E-state index is 13.6. The largest absolute Gasteiger partial charge is 0.486 e. The molecule has 7 nitrogen and oxygen atoms in total. The first-order valence-electron chi connectivity index (χ1n) is 10.8. The zero-order valence-corrected chi connectivity index (χ0v) is 19.4. The van der Waals surface area contributed by atoms with Gasteiger partial charge in [0, 0.05) is 22.7 Å². The third kappa shape index (κ3) is 3.57. The van der Waals surface area contributed by atoms with E-state index in [1.165, 1.54) is 11.8 Å². The number of thioether (sulfide) groups is 1. The lowest BCUT2D eigenvalue weighted by molar-refractivity contribution is -0.116. The van der Waals surface area contributed by atoms with Gasteiger partial charge in [0.1, 0.15) is 19.3 Å². The number of nitrogens with one attached hydrogen (secondary N) is 1. The number of ether oxygens (including phenoxy) is 2. The molecular formula is C24H21ClN4O3S. The van der Waals surface area contributed by atoms with E-state index in [-0.39, 0.29) is 17.7 Å². The van der Waals surface area contributed by atoms with E-state index < -0.39 is 0 Å². The third-order valence-electron chi connectivity index (χ3n) is 6.31. The van der Waals surface area contributed by atoms with Gasteiger partial charge in [-0.25, -0.2) is 4.68 Å². The number of carbonyl (C=O) groups is 1. The standard InChI is InChI=1S/C24H21ClN4O3S/c1-33-24-27-23-26-17-10-15(13-2-5-16(25)6-3-13)11-18(30)21(17)22(29(23)28-24)14-4-7-19-20(12-14)32-9-8-31-19/h2-7,12,15,22H,8-11H2,1H3,(H,26,27,28). The van der Waals surface area contributed by atoms with Crippen molar-refractivity contribution in [3.8, 4) is 11.5 Å². The van der Waals surface area contributed by atoms with E-state index in [1.54, 1.807) is 0 Å². The first-order valence-corrected chi connectivity index (χ1v) is 12.4. The summed E-state index contributed by atoms with van der Waals surface area (Å²) in [7, 11) is 0. The van der Waals surface area contributed by atoms with Gasteiger partial charge in [-0.3, -0.25) is 4.79 Å². The highest BCUT2D eigenvalue weighted by Crippen LogP contribution is 2.45. The first kappa shape index (κ1) is 20.6. The molecule has 33 heavy (non-hydrogen) atoms. The van der Waals surface area contributed by atoms with Crippen molar-refractivity contribution in [2.24, 2.45) is 0 Å². The second-order valence-electron chi connectivity index (χ2n) is 8.27. The Labute approximate surface area is 200 Å². The van der Waals surface area contributed by atoms with Crippen molar-refractivity contribution in [2.45, 2.75) is 30.0 Å². The Bertz CT molecular complexity index is 1290. The SMILES string of the molecule is CSc1nc2n(n1)C(c1ccc3c(c1)OCCO3)C1=C(CC(c3ccc(Cl)cc3)CC1=O)N2. The highest BCUT2D eigenvalue weighted by molar-refractivity contribution is 7.98. The maximum Gasteiger partial charge on any atom is 0.227 e. The molecule has 0 saturated heterocycles. The molecule has 0 amide bonds. The summed E-state index contributed by atoms with van der Waals surface area (Å²) in [6.45, 7) is 1.04. The topological polar surface area (TPSA) is 78.3 Å². The number of hydrogen-bond acceptors (Lipinski definition) is 7. The minimum atomic E-state index is -0.376. The predicted molar refractivity (Wildman–Crippen MR) is 126 cm³/mol. The summed E-state index contributed by atoms with van der Waals surface area (Å²) < 4.78 is 13.3. The fraction of sp³-hybridized carbons (Fsp3) is 0.292. The van der Waals surface area contributed by atoms with Gasteiger partial charge in [-0.15, -0.1) is 5.10 Å². The Balaban J connectivity index is 1.45. The Hall–Kier alpha value is -2.97. The van der Waals surface area contributed by atoms with Gasteiger partial charge in [0.15, 0.2) is 17.3 Å². The summed E-state index contributed by atoms with van der Waals surface area (Å²) >= 11 is 7.54. The van der Waals surface area contributed by atoms with Crippen LogP contribution in [0.2, 0.25) is 5.02 Å². The summed E-state index contributed by atoms with van der Waals surface area (Å²) in [5, 5.41) is 9.44. The van der Waals surface area contributed by atoms with Crippen LogP contribution in [-0.2, 0) is 4.79 Å². The van der Waals surface area contributed by atoms with Crippen LogP contribution < -0.4 is 14.8 Å². The minimum absolute atomic E-state index is 0.0800. The van der Waals surface area contributed by atoms with Crippen molar-refractivity contribution >= 4 is 35.1 Å². The van der Waals surface area contributed by atoms with Gasteiger partial charge in [0.2, 0.25) is 11.1 Å². The van der Waals surface area contributed by atoms with Gasteiger partial charge in [-0.1, -0.05) is 41.6 Å². The summed E-state index contributed by atoms with van der Waals surface area (Å²) in [5.74, 6) is 2.23. The highest BCUT2D eigenvalue weighted by Gasteiger charge is 2.40. The van der Waals surface area contributed by atoms with Crippen LogP contribution in [0, 0.1) is 0 Å². The van der Waals surface area contributed by atoms with Gasteiger partial charge in [0.05, 0.1) is 0 Å². The zero-order valence-electron chi connectivity index (χ0n) is 17.9. The molecule has 1 aromatic heterocycles. The normalized spacial score (nSPS) is 21.3. The Kier molecular flexibility index (Phi) is 5.07. The van der Waals surface area contributed by atoms with E-state index in [9.17, 15) is 4.79 Å². The number of nitrogens with zero attached hydrogens (tertiary/aromatic N) is 3. The van der Waals surface area contributed by atoms with Crippen LogP contribution in [0.3, 0.4) is 0 Å². The van der Waals surface area contributed by atoms with Crippen LogP contribution in [-0.4, -0.2) is 40.0 Å². The fourth-order valence-electron chi connectivity index (χ4n) is 4.79. The summed E-state index contributed by atoms with van der Waals surface area (Å²) in [6.07, 6.45) is 3.09. The molecule has 6 rings (SSSR count). The molecule has 1 N–H and O–H groups in total. The van der Waals surface area contributed by atoms with Crippen LogP contribution in [0.4, 0.5) is 5.95 Å². The predicted octanol–water partition coefficient (Wildman–Crippen LogP) is 4.84. The number of allylic oxidation sites excluding steroid dienone is 2. The molecule has 0 fully saturated rings. The lowest BCUT2D eigenvalue weighted by atomic mass is 9.78. The molecule has 1 aliphatic carbocycles. The van der Waals surface area contributed by atoms with E-state index in [0.29, 0.717) is 47.9 Å². The van der Waals surface area contributed by atoms with Crippen molar-refractivity contribution in [1.29, 1.82) is 0 Å². The molecule has 3 heterocycles. The molecule has 2 aromatic carbocycles. The van der Waals surface area contributed by atoms with Crippen LogP contribution in [0.25, 0.3) is 0 Å². The number of halogens is 1. The minimum Gasteiger partial charge on any atom is -0.486 e. The number of carbonyl (C=O) groups excluding carboxylic acids is 1. The van der Waals surface area contributed by atoms with Gasteiger partial charge in [-0.05, 0) is 54.0 Å². The van der Waals surface area contributed by atoms with Crippen molar-refractivity contribution < 1.29 is 14.3 Å². The molecule has 2 aliphatic heterocycles. The number of Topliss-reactive ketones (excluding diaryl/α,β-unsaturated/α-hetero) is 1. The Morgan fingerprint density at radius 3 is 2.61 bits per heavy atom. The summed E-state index contributed by atoms with van der Waals surface area (Å²) in [6, 6.07) is 13.2. The van der Waals surface area contributed by atoms with E-state index in [4.69, 9.17) is 21.1 Å². The number of anilines is 1. The maximum absolute atomic E-state index is 13.6. The number of aromatic nitrogens is 3. The summed E-state index contributed by atoms with van der Waals surface area (Å²) in [4.78, 5) is 18.2. The fourth-order valence-corrected chi connectivity index (χ4v) is 5.26. The van der Waals surface area contributed by atoms with E-state index in [0.717, 1.165) is 28.1 Å². The van der Waals surface area contributed by atoms with Crippen LogP contribution in [0.5, 0.6) is 11.5 Å². The Morgan fingerprint density at radius 1 is 1.06 bits per heavy atom. The van der Waals surface area contributed by atoms with Crippen molar-refractivity contribution in [3.63, 3.8) is 0 Å². The quantitative estimate of drug-likeness (QED) is 0.537. The summed E-state index contributed by atoms with van der Waals surface area (Å²) in [5.41, 5.74) is 3.67. The van der Waals surface area contributed by atoms with Crippen molar-refractivity contribution in [3.05, 3.63) is 69.9 Å². The average molecular weight is 481 g/mol. The molecular weight excluding hydrogens is 460 g/mol. The van der Waals surface area contributed by atoms with Gasteiger partial charge >= 0.3 is 0 Å². The highest BCUT2D eigenvalue weighted by atomic mass is 35.5. The zero-order chi connectivity index (χ0) is 22.5. The number of hydrogen-bond donors (Lipinski definition) is 1. The average Bonchev–Trinajstić information content (AvgIpc) is 3.25. The molecule has 9 heteroatoms. The number of fused-ring (bicyclic) bond motifs is 2. The second kappa shape index (κ2) is 8.11. The van der Waals surface area contributed by atoms with Crippen molar-refractivity contribution in [1.82, 2.24) is 14.8 Å². The molecule has 0 radical (unpaired) electrons. The Morgan fingerprint density at radius 2 is 1.82 bits per heavy atom. The lowest BCUT2D eigenvalue weighted by Crippen LogP contribution is -2.33. The smallest absolute Gasteiger partial charge is 0.227 e. The molecule has 3 aromatic rings. The molecule has 168 valence electrons. The van der Waals surface area contributed by atoms with Crippen LogP contribution in [0.1, 0.15) is 35.9 Å². The van der Waals surface area contributed by atoms with Crippen molar-refractivity contribution in [2.75, 3.05) is 24.8 Å². The van der Waals surface area contributed by atoms with E-state index >= 15 is 0 Å². The molecule has 0 saturated carbocycles. The van der Waals surface area contributed by atoms with Gasteiger partial charge in [-0.2, -0.15) is 4.98 Å². The van der Waals surface area contributed by atoms with Gasteiger partial charge in [0.25, 0.3) is 0 Å². The first-order chi connectivity index (χ1) is 16.1. The van der Waals surface area contributed by atoms with Crippen LogP contribution in [0.15, 0.2) is 58.9 Å². The number of benzene rings is 2. The molecule has 2 atom stereocenters. The van der Waals surface area contributed by atoms with Crippen LogP contribution >= 0.6 is 23.4 Å².